The average Bonchev–Trinajstić information content (AvgIpc) is 3.44. The van der Waals surface area contributed by atoms with Gasteiger partial charge in [0, 0.05) is 17.0 Å². The number of rotatable bonds is 6. The number of hydrogen-bond acceptors (Lipinski definition) is 7. The second-order valence-corrected chi connectivity index (χ2v) is 8.71. The van der Waals surface area contributed by atoms with Crippen molar-refractivity contribution in [3.05, 3.63) is 99.6 Å². The van der Waals surface area contributed by atoms with Crippen molar-refractivity contribution in [2.24, 2.45) is 5.10 Å². The van der Waals surface area contributed by atoms with Gasteiger partial charge in [-0.2, -0.15) is 9.78 Å². The van der Waals surface area contributed by atoms with Crippen molar-refractivity contribution in [3.63, 3.8) is 0 Å². The van der Waals surface area contributed by atoms with E-state index in [2.05, 4.69) is 15.1 Å². The highest BCUT2D eigenvalue weighted by molar-refractivity contribution is 6.21. The van der Waals surface area contributed by atoms with Crippen LogP contribution >= 0.6 is 0 Å². The highest BCUT2D eigenvalue weighted by Crippen LogP contribution is 2.28. The maximum Gasteiger partial charge on any atom is 0.298 e. The smallest absolute Gasteiger partial charge is 0.298 e. The molecule has 0 fully saturated rings. The molecule has 38 heavy (non-hydrogen) atoms. The van der Waals surface area contributed by atoms with Gasteiger partial charge in [0.15, 0.2) is 0 Å². The van der Waals surface area contributed by atoms with Gasteiger partial charge < -0.3 is 14.5 Å². The normalized spacial score (nSPS) is 13.2. The average molecular weight is 508 g/mol. The Labute approximate surface area is 215 Å². The van der Waals surface area contributed by atoms with E-state index in [-0.39, 0.29) is 23.9 Å². The van der Waals surface area contributed by atoms with Crippen LogP contribution in [0.2, 0.25) is 0 Å². The maximum absolute atomic E-state index is 13.1. The van der Waals surface area contributed by atoms with Crippen molar-refractivity contribution in [2.75, 3.05) is 14.2 Å². The van der Waals surface area contributed by atoms with Gasteiger partial charge in [0.25, 0.3) is 17.4 Å². The van der Waals surface area contributed by atoms with Crippen molar-refractivity contribution in [2.45, 2.75) is 6.54 Å². The van der Waals surface area contributed by atoms with Crippen LogP contribution in [-0.2, 0) is 6.54 Å². The molecule has 0 atom stereocenters. The van der Waals surface area contributed by atoms with Gasteiger partial charge in [0.05, 0.1) is 43.6 Å². The minimum absolute atomic E-state index is 0.0309. The Kier molecular flexibility index (Phi) is 5.49. The van der Waals surface area contributed by atoms with Crippen LogP contribution in [0, 0.1) is 0 Å². The molecule has 1 N–H and O–H groups in total. The minimum Gasteiger partial charge on any atom is -0.497 e. The highest BCUT2D eigenvalue weighted by Gasteiger charge is 2.35. The number of nitrogens with zero attached hydrogens (tertiary/aromatic N) is 4. The largest absolute Gasteiger partial charge is 0.497 e. The van der Waals surface area contributed by atoms with E-state index in [4.69, 9.17) is 9.47 Å². The molecule has 3 aromatic carbocycles. The molecule has 6 rings (SSSR count). The molecule has 10 heteroatoms. The van der Waals surface area contributed by atoms with E-state index < -0.39 is 0 Å². The van der Waals surface area contributed by atoms with Gasteiger partial charge in [0.1, 0.15) is 28.9 Å². The van der Waals surface area contributed by atoms with Gasteiger partial charge in [-0.25, -0.2) is 4.98 Å². The van der Waals surface area contributed by atoms with Crippen LogP contribution in [0.3, 0.4) is 0 Å². The Morgan fingerprint density at radius 3 is 2.42 bits per heavy atom. The summed E-state index contributed by atoms with van der Waals surface area (Å²) in [6, 6.07) is 17.5. The summed E-state index contributed by atoms with van der Waals surface area (Å²) in [6.07, 6.45) is 2.87. The molecular formula is C28H21N5O5. The van der Waals surface area contributed by atoms with Crippen LogP contribution in [-0.4, -0.2) is 51.8 Å². The number of aromatic amines is 1. The molecule has 0 aliphatic carbocycles. The van der Waals surface area contributed by atoms with Crippen LogP contribution in [0.4, 0.5) is 0 Å². The van der Waals surface area contributed by atoms with Crippen molar-refractivity contribution in [3.8, 4) is 11.5 Å². The third-order valence-electron chi connectivity index (χ3n) is 6.54. The number of ether oxygens (including phenoxy) is 2. The molecule has 188 valence electrons. The molecule has 0 radical (unpaired) electrons. The SMILES string of the molecule is COc1ccc2c(c1)[nH]c1c(=O)n(/N=C\c3ccc(OC)c(CN4C(=O)c5ccccc5C4=O)c3)cnc12. The molecule has 0 spiro atoms. The number of H-pyrrole nitrogens is 1. The van der Waals surface area contributed by atoms with Crippen LogP contribution in [0.1, 0.15) is 31.8 Å². The van der Waals surface area contributed by atoms with Crippen LogP contribution in [0.25, 0.3) is 21.9 Å². The Morgan fingerprint density at radius 2 is 1.71 bits per heavy atom. The molecular weight excluding hydrogens is 486 g/mol. The van der Waals surface area contributed by atoms with Crippen LogP contribution in [0.15, 0.2) is 76.9 Å². The lowest BCUT2D eigenvalue weighted by Gasteiger charge is -2.16. The number of benzene rings is 3. The van der Waals surface area contributed by atoms with E-state index in [0.717, 1.165) is 15.6 Å². The second-order valence-electron chi connectivity index (χ2n) is 8.71. The fraction of sp³-hybridized carbons (Fsp3) is 0.107. The van der Waals surface area contributed by atoms with E-state index in [1.165, 1.54) is 24.6 Å². The molecule has 3 heterocycles. The molecule has 0 saturated carbocycles. The van der Waals surface area contributed by atoms with Gasteiger partial charge in [-0.05, 0) is 48.0 Å². The predicted octanol–water partition coefficient (Wildman–Crippen LogP) is 3.57. The molecule has 2 aromatic heterocycles. The quantitative estimate of drug-likeness (QED) is 0.277. The molecule has 1 aliphatic rings. The Hall–Kier alpha value is -5.25. The number of amides is 2. The monoisotopic (exact) mass is 507 g/mol. The van der Waals surface area contributed by atoms with Gasteiger partial charge in [-0.15, -0.1) is 0 Å². The standard InChI is InChI=1S/C28H21N5O5/c1-37-18-8-9-21-22(12-18)31-25-24(21)29-15-33(28(25)36)30-13-16-7-10-23(38-2)17(11-16)14-32-26(34)19-5-3-4-6-20(19)27(32)35/h3-13,15,31H,14H2,1-2H3/b30-13-. The summed E-state index contributed by atoms with van der Waals surface area (Å²) >= 11 is 0. The van der Waals surface area contributed by atoms with E-state index in [1.54, 1.807) is 55.6 Å². The minimum atomic E-state index is -0.360. The molecule has 0 unspecified atom stereocenters. The van der Waals surface area contributed by atoms with Gasteiger partial charge in [-0.3, -0.25) is 19.3 Å². The molecule has 10 nitrogen and oxygen atoms in total. The van der Waals surface area contributed by atoms with Gasteiger partial charge >= 0.3 is 0 Å². The van der Waals surface area contributed by atoms with Crippen LogP contribution in [0.5, 0.6) is 11.5 Å². The first-order valence-electron chi connectivity index (χ1n) is 11.7. The lowest BCUT2D eigenvalue weighted by molar-refractivity contribution is 0.0641. The molecule has 5 aromatic rings. The Bertz CT molecular complexity index is 1820. The molecule has 1 aliphatic heterocycles. The fourth-order valence-electron chi connectivity index (χ4n) is 4.62. The zero-order valence-corrected chi connectivity index (χ0v) is 20.5. The number of methoxy groups -OCH3 is 2. The van der Waals surface area contributed by atoms with E-state index in [9.17, 15) is 14.4 Å². The van der Waals surface area contributed by atoms with Crippen molar-refractivity contribution in [1.82, 2.24) is 19.5 Å². The summed E-state index contributed by atoms with van der Waals surface area (Å²) in [7, 11) is 3.10. The number of hydrogen-bond donors (Lipinski definition) is 1. The summed E-state index contributed by atoms with van der Waals surface area (Å²) in [5, 5.41) is 5.11. The Balaban J connectivity index is 1.31. The summed E-state index contributed by atoms with van der Waals surface area (Å²) in [4.78, 5) is 47.5. The first-order valence-corrected chi connectivity index (χ1v) is 11.7. The lowest BCUT2D eigenvalue weighted by Crippen LogP contribution is -2.29. The molecule has 2 amide bonds. The van der Waals surface area contributed by atoms with E-state index >= 15 is 0 Å². The Morgan fingerprint density at radius 1 is 0.947 bits per heavy atom. The number of aromatic nitrogens is 3. The predicted molar refractivity (Wildman–Crippen MR) is 141 cm³/mol. The summed E-state index contributed by atoms with van der Waals surface area (Å²) in [5.74, 6) is 0.480. The summed E-state index contributed by atoms with van der Waals surface area (Å²) in [6.45, 7) is 0.0309. The highest BCUT2D eigenvalue weighted by atomic mass is 16.5. The zero-order chi connectivity index (χ0) is 26.4. The van der Waals surface area contributed by atoms with Gasteiger partial charge in [0.2, 0.25) is 0 Å². The fourth-order valence-corrected chi connectivity index (χ4v) is 4.62. The third kappa shape index (κ3) is 3.70. The third-order valence-corrected chi connectivity index (χ3v) is 6.54. The van der Waals surface area contributed by atoms with Crippen molar-refractivity contribution >= 4 is 40.0 Å². The summed E-state index contributed by atoms with van der Waals surface area (Å²) < 4.78 is 11.9. The second kappa shape index (κ2) is 9.00. The number of carbonyl (C=O) groups excluding carboxylic acids is 2. The first-order chi connectivity index (χ1) is 18.5. The van der Waals surface area contributed by atoms with E-state index in [1.807, 2.05) is 12.1 Å². The number of nitrogens with one attached hydrogen (secondary N) is 1. The van der Waals surface area contributed by atoms with Crippen molar-refractivity contribution < 1.29 is 19.1 Å². The number of carbonyl (C=O) groups is 2. The lowest BCUT2D eigenvalue weighted by atomic mass is 10.1. The topological polar surface area (TPSA) is 119 Å². The number of imide groups is 1. The van der Waals surface area contributed by atoms with Gasteiger partial charge in [-0.1, -0.05) is 12.1 Å². The zero-order valence-electron chi connectivity index (χ0n) is 20.5. The van der Waals surface area contributed by atoms with Crippen LogP contribution < -0.4 is 15.0 Å². The maximum atomic E-state index is 13.1. The summed E-state index contributed by atoms with van der Waals surface area (Å²) in [5.41, 5.74) is 3.28. The van der Waals surface area contributed by atoms with E-state index in [0.29, 0.717) is 44.8 Å². The number of fused-ring (bicyclic) bond motifs is 4. The molecule has 0 saturated heterocycles. The first kappa shape index (κ1) is 23.2. The molecule has 0 bridgehead atoms. The van der Waals surface area contributed by atoms with Crippen molar-refractivity contribution in [1.29, 1.82) is 0 Å².